The Balaban J connectivity index is 1.44. The molecule has 0 amide bonds. The van der Waals surface area contributed by atoms with Crippen molar-refractivity contribution in [1.29, 1.82) is 0 Å². The maximum atomic E-state index is 14.2. The Labute approximate surface area is 177 Å². The van der Waals surface area contributed by atoms with Gasteiger partial charge in [0, 0.05) is 63.4 Å². The Morgan fingerprint density at radius 3 is 2.50 bits per heavy atom. The lowest BCUT2D eigenvalue weighted by molar-refractivity contribution is 0.122. The minimum absolute atomic E-state index is 0.131. The maximum Gasteiger partial charge on any atom is 0.227 e. The first kappa shape index (κ1) is 19.7. The van der Waals surface area contributed by atoms with Gasteiger partial charge in [-0.1, -0.05) is 18.2 Å². The molecular formula is C23H30FN5O. The molecule has 0 atom stereocenters. The molecular weight excluding hydrogens is 381 g/mol. The van der Waals surface area contributed by atoms with Crippen LogP contribution in [0.1, 0.15) is 36.1 Å². The van der Waals surface area contributed by atoms with Gasteiger partial charge in [0.2, 0.25) is 5.95 Å². The lowest BCUT2D eigenvalue weighted by atomic mass is 10.0. The second-order valence-electron chi connectivity index (χ2n) is 8.47. The van der Waals surface area contributed by atoms with E-state index >= 15 is 0 Å². The molecule has 0 radical (unpaired) electrons. The third-order valence-electron chi connectivity index (χ3n) is 6.41. The van der Waals surface area contributed by atoms with Crippen molar-refractivity contribution in [3.05, 3.63) is 46.9 Å². The Hall–Kier alpha value is -2.25. The fourth-order valence-electron chi connectivity index (χ4n) is 4.71. The average Bonchev–Trinajstić information content (AvgIpc) is 2.81. The third kappa shape index (κ3) is 4.14. The van der Waals surface area contributed by atoms with E-state index in [2.05, 4.69) is 14.7 Å². The fraction of sp³-hybridized carbons (Fsp3) is 0.565. The van der Waals surface area contributed by atoms with Crippen molar-refractivity contribution in [3.8, 4) is 0 Å². The molecule has 2 fully saturated rings. The van der Waals surface area contributed by atoms with Crippen molar-refractivity contribution in [3.63, 3.8) is 0 Å². The second-order valence-corrected chi connectivity index (χ2v) is 8.47. The summed E-state index contributed by atoms with van der Waals surface area (Å²) in [4.78, 5) is 17.1. The first-order valence-corrected chi connectivity index (χ1v) is 11.2. The summed E-state index contributed by atoms with van der Waals surface area (Å²) < 4.78 is 19.8. The van der Waals surface area contributed by atoms with Gasteiger partial charge in [-0.3, -0.25) is 4.90 Å². The summed E-state index contributed by atoms with van der Waals surface area (Å²) in [7, 11) is 0. The highest BCUT2D eigenvalue weighted by atomic mass is 19.1. The Kier molecular flexibility index (Phi) is 5.82. The van der Waals surface area contributed by atoms with Crippen molar-refractivity contribution in [1.82, 2.24) is 14.9 Å². The van der Waals surface area contributed by atoms with E-state index in [1.807, 2.05) is 12.1 Å². The minimum Gasteiger partial charge on any atom is -0.378 e. The maximum absolute atomic E-state index is 14.2. The van der Waals surface area contributed by atoms with Crippen LogP contribution in [-0.2, 0) is 24.2 Å². The van der Waals surface area contributed by atoms with Crippen LogP contribution in [0.25, 0.3) is 0 Å². The van der Waals surface area contributed by atoms with Gasteiger partial charge in [-0.15, -0.1) is 0 Å². The van der Waals surface area contributed by atoms with Crippen molar-refractivity contribution in [2.75, 3.05) is 55.7 Å². The number of morpholine rings is 1. The number of hydrogen-bond acceptors (Lipinski definition) is 6. The Bertz CT molecular complexity index is 880. The normalized spacial score (nSPS) is 20.3. The summed E-state index contributed by atoms with van der Waals surface area (Å²) in [6, 6.07) is 7.07. The van der Waals surface area contributed by atoms with Crippen LogP contribution in [0, 0.1) is 5.82 Å². The van der Waals surface area contributed by atoms with Crippen molar-refractivity contribution >= 4 is 11.8 Å². The predicted octanol–water partition coefficient (Wildman–Crippen LogP) is 3.00. The zero-order valence-corrected chi connectivity index (χ0v) is 17.5. The molecule has 0 bridgehead atoms. The molecule has 3 aliphatic heterocycles. The van der Waals surface area contributed by atoms with Crippen LogP contribution in [-0.4, -0.2) is 60.8 Å². The number of piperidine rings is 1. The first-order chi connectivity index (χ1) is 14.8. The number of rotatable bonds is 4. The van der Waals surface area contributed by atoms with Crippen LogP contribution in [0.5, 0.6) is 0 Å². The third-order valence-corrected chi connectivity index (χ3v) is 6.41. The van der Waals surface area contributed by atoms with E-state index in [4.69, 9.17) is 14.7 Å². The molecule has 160 valence electrons. The second kappa shape index (κ2) is 8.86. The molecule has 30 heavy (non-hydrogen) atoms. The molecule has 0 unspecified atom stereocenters. The molecule has 0 spiro atoms. The van der Waals surface area contributed by atoms with Crippen LogP contribution in [0.3, 0.4) is 0 Å². The van der Waals surface area contributed by atoms with Crippen molar-refractivity contribution in [2.45, 2.75) is 38.8 Å². The molecule has 4 heterocycles. The van der Waals surface area contributed by atoms with Gasteiger partial charge in [-0.2, -0.15) is 4.98 Å². The zero-order chi connectivity index (χ0) is 20.3. The SMILES string of the molecule is Fc1ccccc1CN1CCc2nc(N3CCCCC3)nc(N3CCOCC3)c2C1. The lowest BCUT2D eigenvalue weighted by Crippen LogP contribution is -2.40. The number of anilines is 2. The van der Waals surface area contributed by atoms with Gasteiger partial charge in [0.25, 0.3) is 0 Å². The summed E-state index contributed by atoms with van der Waals surface area (Å²) in [6.45, 7) is 7.53. The molecule has 2 aromatic rings. The molecule has 0 saturated carbocycles. The van der Waals surface area contributed by atoms with Crippen LogP contribution in [0.4, 0.5) is 16.2 Å². The number of ether oxygens (including phenoxy) is 1. The molecule has 0 aliphatic carbocycles. The quantitative estimate of drug-likeness (QED) is 0.771. The highest BCUT2D eigenvalue weighted by molar-refractivity contribution is 5.54. The van der Waals surface area contributed by atoms with E-state index in [1.54, 1.807) is 12.1 Å². The lowest BCUT2D eigenvalue weighted by Gasteiger charge is -2.36. The fourth-order valence-corrected chi connectivity index (χ4v) is 4.71. The van der Waals surface area contributed by atoms with Crippen LogP contribution < -0.4 is 9.80 Å². The van der Waals surface area contributed by atoms with Crippen LogP contribution in [0.15, 0.2) is 24.3 Å². The van der Waals surface area contributed by atoms with Crippen LogP contribution in [0.2, 0.25) is 0 Å². The van der Waals surface area contributed by atoms with E-state index in [0.717, 1.165) is 81.9 Å². The summed E-state index contributed by atoms with van der Waals surface area (Å²) in [5.74, 6) is 1.81. The number of benzene rings is 1. The molecule has 7 heteroatoms. The summed E-state index contributed by atoms with van der Waals surface area (Å²) in [5, 5.41) is 0. The van der Waals surface area contributed by atoms with Gasteiger partial charge in [0.15, 0.2) is 0 Å². The predicted molar refractivity (Wildman–Crippen MR) is 115 cm³/mol. The number of halogens is 1. The van der Waals surface area contributed by atoms with Gasteiger partial charge in [-0.25, -0.2) is 9.37 Å². The first-order valence-electron chi connectivity index (χ1n) is 11.2. The molecule has 2 saturated heterocycles. The van der Waals surface area contributed by atoms with Gasteiger partial charge >= 0.3 is 0 Å². The Morgan fingerprint density at radius 2 is 1.70 bits per heavy atom. The summed E-state index contributed by atoms with van der Waals surface area (Å²) in [6.07, 6.45) is 4.60. The topological polar surface area (TPSA) is 44.7 Å². The van der Waals surface area contributed by atoms with E-state index < -0.39 is 0 Å². The van der Waals surface area contributed by atoms with Crippen LogP contribution >= 0.6 is 0 Å². The molecule has 1 aromatic heterocycles. The average molecular weight is 412 g/mol. The smallest absolute Gasteiger partial charge is 0.227 e. The highest BCUT2D eigenvalue weighted by Gasteiger charge is 2.28. The number of fused-ring (bicyclic) bond motifs is 1. The summed E-state index contributed by atoms with van der Waals surface area (Å²) >= 11 is 0. The number of nitrogens with zero attached hydrogens (tertiary/aromatic N) is 5. The largest absolute Gasteiger partial charge is 0.378 e. The van der Waals surface area contributed by atoms with E-state index in [1.165, 1.54) is 24.8 Å². The van der Waals surface area contributed by atoms with Crippen molar-refractivity contribution in [2.24, 2.45) is 0 Å². The Morgan fingerprint density at radius 1 is 0.900 bits per heavy atom. The molecule has 5 rings (SSSR count). The standard InChI is InChI=1S/C23H30FN5O/c24-20-7-3-2-6-18(20)16-27-11-8-21-19(17-27)22(28-12-14-30-15-13-28)26-23(25-21)29-9-4-1-5-10-29/h2-3,6-7H,1,4-5,8-17H2. The summed E-state index contributed by atoms with van der Waals surface area (Å²) in [5.41, 5.74) is 3.12. The van der Waals surface area contributed by atoms with E-state index in [-0.39, 0.29) is 5.82 Å². The highest BCUT2D eigenvalue weighted by Crippen LogP contribution is 2.31. The van der Waals surface area contributed by atoms with Crippen molar-refractivity contribution < 1.29 is 9.13 Å². The van der Waals surface area contributed by atoms with E-state index in [9.17, 15) is 4.39 Å². The van der Waals surface area contributed by atoms with Gasteiger partial charge in [0.05, 0.1) is 18.9 Å². The minimum atomic E-state index is -0.131. The number of aromatic nitrogens is 2. The molecule has 3 aliphatic rings. The molecule has 1 aromatic carbocycles. The molecule has 6 nitrogen and oxygen atoms in total. The monoisotopic (exact) mass is 411 g/mol. The zero-order valence-electron chi connectivity index (χ0n) is 17.5. The van der Waals surface area contributed by atoms with Gasteiger partial charge in [-0.05, 0) is 25.3 Å². The van der Waals surface area contributed by atoms with Gasteiger partial charge < -0.3 is 14.5 Å². The van der Waals surface area contributed by atoms with Gasteiger partial charge in [0.1, 0.15) is 11.6 Å². The van der Waals surface area contributed by atoms with E-state index in [0.29, 0.717) is 6.54 Å². The molecule has 0 N–H and O–H groups in total. The number of hydrogen-bond donors (Lipinski definition) is 0.